The molecule has 6 heteroatoms. The van der Waals surface area contributed by atoms with Crippen molar-refractivity contribution in [3.8, 4) is 0 Å². The third-order valence-electron chi connectivity index (χ3n) is 5.55. The van der Waals surface area contributed by atoms with Gasteiger partial charge in [0.1, 0.15) is 11.5 Å². The Hall–Kier alpha value is -2.37. The molecule has 1 fully saturated rings. The number of fused-ring (bicyclic) bond motifs is 1. The zero-order valence-corrected chi connectivity index (χ0v) is 16.2. The van der Waals surface area contributed by atoms with E-state index >= 15 is 0 Å². The van der Waals surface area contributed by atoms with Gasteiger partial charge in [-0.2, -0.15) is 0 Å². The van der Waals surface area contributed by atoms with E-state index in [-0.39, 0.29) is 12.2 Å². The van der Waals surface area contributed by atoms with Crippen LogP contribution < -0.4 is 5.32 Å². The first-order valence-electron chi connectivity index (χ1n) is 9.56. The summed E-state index contributed by atoms with van der Waals surface area (Å²) in [7, 11) is 0. The highest BCUT2D eigenvalue weighted by molar-refractivity contribution is 6.31. The van der Waals surface area contributed by atoms with E-state index in [9.17, 15) is 14.3 Å². The Morgan fingerprint density at radius 2 is 1.93 bits per heavy atom. The Bertz CT molecular complexity index is 1020. The first-order valence-corrected chi connectivity index (χ1v) is 9.93. The quantitative estimate of drug-likeness (QED) is 0.597. The van der Waals surface area contributed by atoms with E-state index in [1.165, 1.54) is 18.9 Å². The molecule has 1 aliphatic carbocycles. The van der Waals surface area contributed by atoms with Gasteiger partial charge >= 0.3 is 5.97 Å². The number of nitrogens with one attached hydrogen (secondary N) is 1. The molecule has 0 aliphatic heterocycles. The number of hydrogen-bond acceptors (Lipinski definition) is 2. The molecule has 1 aromatic heterocycles. The van der Waals surface area contributed by atoms with E-state index in [2.05, 4.69) is 5.32 Å². The molecule has 0 bridgehead atoms. The van der Waals surface area contributed by atoms with Crippen LogP contribution in [-0.2, 0) is 13.1 Å². The molecule has 0 atom stereocenters. The molecule has 28 heavy (non-hydrogen) atoms. The van der Waals surface area contributed by atoms with Crippen molar-refractivity contribution in [1.29, 1.82) is 0 Å². The summed E-state index contributed by atoms with van der Waals surface area (Å²) in [5, 5.41) is 14.6. The minimum atomic E-state index is -1.06. The van der Waals surface area contributed by atoms with Gasteiger partial charge in [-0.1, -0.05) is 54.8 Å². The summed E-state index contributed by atoms with van der Waals surface area (Å²) in [6, 6.07) is 12.4. The monoisotopic (exact) mass is 400 g/mol. The maximum atomic E-state index is 14.8. The first kappa shape index (κ1) is 19.0. The smallest absolute Gasteiger partial charge is 0.352 e. The highest BCUT2D eigenvalue weighted by atomic mass is 35.5. The maximum absolute atomic E-state index is 14.8. The summed E-state index contributed by atoms with van der Waals surface area (Å²) in [6.07, 6.45) is 4.56. The minimum absolute atomic E-state index is 0.116. The number of carboxylic acids is 1. The Kier molecular flexibility index (Phi) is 5.38. The molecular weight excluding hydrogens is 379 g/mol. The van der Waals surface area contributed by atoms with Crippen LogP contribution in [0, 0.1) is 5.82 Å². The van der Waals surface area contributed by atoms with Crippen molar-refractivity contribution < 1.29 is 14.3 Å². The van der Waals surface area contributed by atoms with Crippen LogP contribution >= 0.6 is 11.6 Å². The molecule has 0 amide bonds. The Morgan fingerprint density at radius 3 is 2.64 bits per heavy atom. The fourth-order valence-electron chi connectivity index (χ4n) is 4.19. The van der Waals surface area contributed by atoms with Crippen molar-refractivity contribution in [3.63, 3.8) is 0 Å². The molecule has 3 aromatic rings. The topological polar surface area (TPSA) is 54.3 Å². The predicted molar refractivity (Wildman–Crippen MR) is 109 cm³/mol. The molecule has 2 aromatic carbocycles. The van der Waals surface area contributed by atoms with Crippen LogP contribution in [0.4, 0.5) is 4.39 Å². The van der Waals surface area contributed by atoms with Crippen LogP contribution in [0.15, 0.2) is 42.5 Å². The van der Waals surface area contributed by atoms with E-state index < -0.39 is 11.8 Å². The van der Waals surface area contributed by atoms with Crippen LogP contribution in [0.3, 0.4) is 0 Å². The molecular formula is C22H22ClFN2O2. The van der Waals surface area contributed by atoms with E-state index in [1.807, 2.05) is 18.2 Å². The second kappa shape index (κ2) is 7.94. The standard InChI is InChI=1S/C22H22ClFN2O2/c23-18-10-4-1-6-14(18)13-26-20-16(9-5-11-19(20)24)17(21(26)22(27)28)12-25-15-7-2-3-8-15/h1,4-6,9-11,15,25H,2-3,7-8,12-13H2,(H,27,28). The fraction of sp³-hybridized carbons (Fsp3) is 0.318. The highest BCUT2D eigenvalue weighted by Crippen LogP contribution is 2.31. The maximum Gasteiger partial charge on any atom is 0.352 e. The van der Waals surface area contributed by atoms with E-state index in [4.69, 9.17) is 11.6 Å². The summed E-state index contributed by atoms with van der Waals surface area (Å²) >= 11 is 6.28. The number of aromatic carboxylic acids is 1. The van der Waals surface area contributed by atoms with Crippen molar-refractivity contribution in [2.24, 2.45) is 0 Å². The molecule has 0 unspecified atom stereocenters. The number of carboxylic acid groups (broad SMARTS) is 1. The lowest BCUT2D eigenvalue weighted by atomic mass is 10.1. The number of para-hydroxylation sites is 1. The van der Waals surface area contributed by atoms with Gasteiger partial charge < -0.3 is 15.0 Å². The SMILES string of the molecule is O=C(O)c1c(CNC2CCCC2)c2cccc(F)c2n1Cc1ccccc1Cl. The third-order valence-corrected chi connectivity index (χ3v) is 5.92. The van der Waals surface area contributed by atoms with Gasteiger partial charge in [0.05, 0.1) is 5.52 Å². The van der Waals surface area contributed by atoms with Crippen LogP contribution in [0.25, 0.3) is 10.9 Å². The lowest BCUT2D eigenvalue weighted by Gasteiger charge is -2.13. The minimum Gasteiger partial charge on any atom is -0.477 e. The summed E-state index contributed by atoms with van der Waals surface area (Å²) in [5.74, 6) is -1.50. The fourth-order valence-corrected chi connectivity index (χ4v) is 4.39. The molecule has 0 radical (unpaired) electrons. The van der Waals surface area contributed by atoms with Gasteiger partial charge in [-0.05, 0) is 30.5 Å². The Labute approximate surface area is 167 Å². The number of rotatable bonds is 6. The van der Waals surface area contributed by atoms with Gasteiger partial charge in [-0.15, -0.1) is 0 Å². The summed E-state index contributed by atoms with van der Waals surface area (Å²) < 4.78 is 16.3. The van der Waals surface area contributed by atoms with Gasteiger partial charge in [-0.3, -0.25) is 0 Å². The van der Waals surface area contributed by atoms with E-state index in [0.29, 0.717) is 34.1 Å². The summed E-state index contributed by atoms with van der Waals surface area (Å²) in [4.78, 5) is 12.2. The molecule has 2 N–H and O–H groups in total. The second-order valence-electron chi connectivity index (χ2n) is 7.31. The lowest BCUT2D eigenvalue weighted by molar-refractivity contribution is 0.0684. The number of hydrogen-bond donors (Lipinski definition) is 2. The zero-order valence-electron chi connectivity index (χ0n) is 15.4. The highest BCUT2D eigenvalue weighted by Gasteiger charge is 2.25. The average Bonchev–Trinajstić information content (AvgIpc) is 3.29. The zero-order chi connectivity index (χ0) is 19.7. The molecule has 1 heterocycles. The van der Waals surface area contributed by atoms with Gasteiger partial charge in [0.2, 0.25) is 0 Å². The number of carbonyl (C=O) groups is 1. The van der Waals surface area contributed by atoms with Gasteiger partial charge in [0.15, 0.2) is 0 Å². The van der Waals surface area contributed by atoms with Gasteiger partial charge in [-0.25, -0.2) is 9.18 Å². The predicted octanol–water partition coefficient (Wildman–Crippen LogP) is 5.21. The van der Waals surface area contributed by atoms with E-state index in [0.717, 1.165) is 18.4 Å². The largest absolute Gasteiger partial charge is 0.477 e. The van der Waals surface area contributed by atoms with E-state index in [1.54, 1.807) is 22.8 Å². The van der Waals surface area contributed by atoms with Gasteiger partial charge in [0, 0.05) is 35.1 Å². The number of aromatic nitrogens is 1. The lowest BCUT2D eigenvalue weighted by Crippen LogP contribution is -2.26. The van der Waals surface area contributed by atoms with Crippen LogP contribution in [0.2, 0.25) is 5.02 Å². The third kappa shape index (κ3) is 3.52. The van der Waals surface area contributed by atoms with Crippen LogP contribution in [0.5, 0.6) is 0 Å². The van der Waals surface area contributed by atoms with Gasteiger partial charge in [0.25, 0.3) is 0 Å². The Morgan fingerprint density at radius 1 is 1.18 bits per heavy atom. The average molecular weight is 401 g/mol. The molecule has 146 valence electrons. The molecule has 4 rings (SSSR count). The molecule has 4 nitrogen and oxygen atoms in total. The molecule has 1 saturated carbocycles. The number of nitrogens with zero attached hydrogens (tertiary/aromatic N) is 1. The number of halogens is 2. The van der Waals surface area contributed by atoms with Crippen LogP contribution in [0.1, 0.15) is 47.3 Å². The van der Waals surface area contributed by atoms with Crippen molar-refractivity contribution >= 4 is 28.5 Å². The van der Waals surface area contributed by atoms with Crippen LogP contribution in [-0.4, -0.2) is 21.7 Å². The van der Waals surface area contributed by atoms with Crippen molar-refractivity contribution in [3.05, 3.63) is 70.1 Å². The molecule has 1 aliphatic rings. The number of benzene rings is 2. The van der Waals surface area contributed by atoms with Crippen molar-refractivity contribution in [1.82, 2.24) is 9.88 Å². The summed E-state index contributed by atoms with van der Waals surface area (Å²) in [5.41, 5.74) is 1.80. The normalized spacial score (nSPS) is 14.8. The Balaban J connectivity index is 1.83. The van der Waals surface area contributed by atoms with Crippen molar-refractivity contribution in [2.45, 2.75) is 44.8 Å². The molecule has 0 saturated heterocycles. The second-order valence-corrected chi connectivity index (χ2v) is 7.72. The summed E-state index contributed by atoms with van der Waals surface area (Å²) in [6.45, 7) is 0.601. The molecule has 0 spiro atoms. The first-order chi connectivity index (χ1) is 13.6. The van der Waals surface area contributed by atoms with Crippen molar-refractivity contribution in [2.75, 3.05) is 0 Å².